The van der Waals surface area contributed by atoms with Crippen molar-refractivity contribution in [3.8, 4) is 11.5 Å². The van der Waals surface area contributed by atoms with E-state index < -0.39 is 17.9 Å². The number of anilines is 1. The van der Waals surface area contributed by atoms with Gasteiger partial charge < -0.3 is 19.4 Å². The number of thioether (sulfide) groups is 1. The van der Waals surface area contributed by atoms with Crippen molar-refractivity contribution in [3.05, 3.63) is 66.5 Å². The highest BCUT2D eigenvalue weighted by molar-refractivity contribution is 7.99. The standard InChI is InChI=1S/C22H21N5O5S/c1-27-11-10-23-22(27)33-13-19(28)24-15-8-6-14(7-9-15)20(29)25-26-21(30)18-12-31-16-4-2-3-5-17(16)32-18/h2-11,18H,12-13H2,1H3,(H,24,28)(H,25,29)(H,26,30)/t18-/m0/s1. The monoisotopic (exact) mass is 467 g/mol. The van der Waals surface area contributed by atoms with Gasteiger partial charge in [-0.3, -0.25) is 25.2 Å². The summed E-state index contributed by atoms with van der Waals surface area (Å²) < 4.78 is 12.9. The number of aromatic nitrogens is 2. The first kappa shape index (κ1) is 22.2. The summed E-state index contributed by atoms with van der Waals surface area (Å²) in [5.41, 5.74) is 5.54. The molecule has 0 saturated carbocycles. The topological polar surface area (TPSA) is 124 Å². The number of hydrazine groups is 1. The second-order valence-electron chi connectivity index (χ2n) is 7.04. The highest BCUT2D eigenvalue weighted by Gasteiger charge is 2.27. The maximum Gasteiger partial charge on any atom is 0.283 e. The zero-order valence-corrected chi connectivity index (χ0v) is 18.4. The number of nitrogens with zero attached hydrogens (tertiary/aromatic N) is 2. The van der Waals surface area contributed by atoms with E-state index >= 15 is 0 Å². The summed E-state index contributed by atoms with van der Waals surface area (Å²) in [5.74, 6) is -0.00476. The number of aryl methyl sites for hydroxylation is 1. The van der Waals surface area contributed by atoms with Crippen molar-refractivity contribution in [3.63, 3.8) is 0 Å². The number of nitrogens with one attached hydrogen (secondary N) is 3. The molecular weight excluding hydrogens is 446 g/mol. The van der Waals surface area contributed by atoms with Crippen LogP contribution in [0.15, 0.2) is 66.1 Å². The molecule has 0 radical (unpaired) electrons. The minimum atomic E-state index is -0.888. The summed E-state index contributed by atoms with van der Waals surface area (Å²) in [4.78, 5) is 40.9. The van der Waals surface area contributed by atoms with Crippen LogP contribution in [0.2, 0.25) is 0 Å². The van der Waals surface area contributed by atoms with E-state index in [0.717, 1.165) is 5.16 Å². The van der Waals surface area contributed by atoms with E-state index in [-0.39, 0.29) is 18.3 Å². The fourth-order valence-corrected chi connectivity index (χ4v) is 3.68. The van der Waals surface area contributed by atoms with Crippen LogP contribution in [0.5, 0.6) is 11.5 Å². The number of carbonyl (C=O) groups is 3. The Labute approximate surface area is 193 Å². The van der Waals surface area contributed by atoms with Gasteiger partial charge >= 0.3 is 0 Å². The largest absolute Gasteiger partial charge is 0.485 e. The molecule has 2 aromatic carbocycles. The molecule has 1 aliphatic heterocycles. The Hall–Kier alpha value is -3.99. The van der Waals surface area contributed by atoms with Crippen LogP contribution in [-0.2, 0) is 16.6 Å². The molecule has 0 spiro atoms. The molecule has 1 aromatic heterocycles. The summed E-state index contributed by atoms with van der Waals surface area (Å²) in [6.07, 6.45) is 2.59. The predicted molar refractivity (Wildman–Crippen MR) is 121 cm³/mol. The molecule has 3 aromatic rings. The molecule has 0 fully saturated rings. The van der Waals surface area contributed by atoms with Crippen LogP contribution in [0.4, 0.5) is 5.69 Å². The number of ether oxygens (including phenoxy) is 2. The summed E-state index contributed by atoms with van der Waals surface area (Å²) in [6.45, 7) is 0.0333. The molecule has 4 rings (SSSR count). The van der Waals surface area contributed by atoms with Crippen molar-refractivity contribution < 1.29 is 23.9 Å². The first-order valence-corrected chi connectivity index (χ1v) is 11.0. The smallest absolute Gasteiger partial charge is 0.283 e. The first-order valence-electron chi connectivity index (χ1n) is 9.98. The van der Waals surface area contributed by atoms with E-state index in [1.54, 1.807) is 60.9 Å². The third-order valence-electron chi connectivity index (χ3n) is 4.64. The Morgan fingerprint density at radius 2 is 1.85 bits per heavy atom. The van der Waals surface area contributed by atoms with E-state index in [9.17, 15) is 14.4 Å². The fourth-order valence-electron chi connectivity index (χ4n) is 2.94. The van der Waals surface area contributed by atoms with Crippen LogP contribution < -0.4 is 25.6 Å². The lowest BCUT2D eigenvalue weighted by atomic mass is 10.2. The first-order chi connectivity index (χ1) is 16.0. The van der Waals surface area contributed by atoms with Crippen LogP contribution in [0.25, 0.3) is 0 Å². The van der Waals surface area contributed by atoms with Gasteiger partial charge in [0.25, 0.3) is 11.8 Å². The molecule has 1 aliphatic rings. The van der Waals surface area contributed by atoms with Gasteiger partial charge in [-0.1, -0.05) is 23.9 Å². The molecule has 0 aliphatic carbocycles. The minimum Gasteiger partial charge on any atom is -0.485 e. The number of amides is 3. The molecule has 33 heavy (non-hydrogen) atoms. The fraction of sp³-hybridized carbons (Fsp3) is 0.182. The van der Waals surface area contributed by atoms with E-state index in [1.807, 2.05) is 11.6 Å². The Kier molecular flexibility index (Phi) is 6.79. The average Bonchev–Trinajstić information content (AvgIpc) is 3.25. The number of hydrogen-bond donors (Lipinski definition) is 3. The number of carbonyl (C=O) groups excluding carboxylic acids is 3. The highest BCUT2D eigenvalue weighted by atomic mass is 32.2. The third kappa shape index (κ3) is 5.63. The lowest BCUT2D eigenvalue weighted by Gasteiger charge is -2.25. The van der Waals surface area contributed by atoms with Gasteiger partial charge in [0.15, 0.2) is 16.7 Å². The SMILES string of the molecule is Cn1ccnc1SCC(=O)Nc1ccc(C(=O)NNC(=O)[C@@H]2COc3ccccc3O2)cc1. The van der Waals surface area contributed by atoms with Gasteiger partial charge in [-0.25, -0.2) is 4.98 Å². The Balaban J connectivity index is 1.23. The normalized spacial score (nSPS) is 14.3. The summed E-state index contributed by atoms with van der Waals surface area (Å²) in [5, 5.41) is 3.51. The van der Waals surface area contributed by atoms with Crippen LogP contribution in [0.3, 0.4) is 0 Å². The quantitative estimate of drug-likeness (QED) is 0.373. The number of rotatable bonds is 6. The van der Waals surface area contributed by atoms with Gasteiger partial charge in [-0.05, 0) is 36.4 Å². The number of benzene rings is 2. The molecule has 3 amide bonds. The van der Waals surface area contributed by atoms with E-state index in [1.165, 1.54) is 11.8 Å². The molecule has 10 nitrogen and oxygen atoms in total. The molecule has 0 bridgehead atoms. The summed E-state index contributed by atoms with van der Waals surface area (Å²) >= 11 is 1.32. The van der Waals surface area contributed by atoms with Gasteiger partial charge in [0, 0.05) is 30.7 Å². The molecule has 11 heteroatoms. The molecule has 3 N–H and O–H groups in total. The van der Waals surface area contributed by atoms with Crippen LogP contribution in [0, 0.1) is 0 Å². The second-order valence-corrected chi connectivity index (χ2v) is 7.99. The molecule has 1 atom stereocenters. The molecule has 0 saturated heterocycles. The minimum absolute atomic E-state index is 0.0333. The van der Waals surface area contributed by atoms with Crippen molar-refractivity contribution in [1.82, 2.24) is 20.4 Å². The number of imidazole rings is 1. The van der Waals surface area contributed by atoms with Gasteiger partial charge in [0.2, 0.25) is 12.0 Å². The molecule has 170 valence electrons. The van der Waals surface area contributed by atoms with E-state index in [2.05, 4.69) is 21.2 Å². The predicted octanol–water partition coefficient (Wildman–Crippen LogP) is 1.75. The zero-order chi connectivity index (χ0) is 23.2. The van der Waals surface area contributed by atoms with Crippen LogP contribution >= 0.6 is 11.8 Å². The van der Waals surface area contributed by atoms with Crippen molar-refractivity contribution in [2.45, 2.75) is 11.3 Å². The van der Waals surface area contributed by atoms with Crippen molar-refractivity contribution in [2.75, 3.05) is 17.7 Å². The molecule has 0 unspecified atom stereocenters. The number of para-hydroxylation sites is 2. The summed E-state index contributed by atoms with van der Waals surface area (Å²) in [7, 11) is 1.86. The maximum absolute atomic E-state index is 12.3. The second kappa shape index (κ2) is 10.1. The van der Waals surface area contributed by atoms with Crippen molar-refractivity contribution in [1.29, 1.82) is 0 Å². The van der Waals surface area contributed by atoms with Crippen LogP contribution in [-0.4, -0.2) is 45.7 Å². The molecular formula is C22H21N5O5S. The number of hydrogen-bond acceptors (Lipinski definition) is 7. The van der Waals surface area contributed by atoms with Crippen molar-refractivity contribution >= 4 is 35.2 Å². The number of fused-ring (bicyclic) bond motifs is 1. The zero-order valence-electron chi connectivity index (χ0n) is 17.6. The van der Waals surface area contributed by atoms with Gasteiger partial charge in [-0.15, -0.1) is 0 Å². The van der Waals surface area contributed by atoms with E-state index in [4.69, 9.17) is 9.47 Å². The Morgan fingerprint density at radius 3 is 2.58 bits per heavy atom. The van der Waals surface area contributed by atoms with Crippen LogP contribution in [0.1, 0.15) is 10.4 Å². The lowest BCUT2D eigenvalue weighted by Crippen LogP contribution is -2.50. The third-order valence-corrected chi connectivity index (χ3v) is 5.70. The average molecular weight is 468 g/mol. The van der Waals surface area contributed by atoms with Gasteiger partial charge in [-0.2, -0.15) is 0 Å². The lowest BCUT2D eigenvalue weighted by molar-refractivity contribution is -0.131. The summed E-state index contributed by atoms with van der Waals surface area (Å²) in [6, 6.07) is 13.3. The highest BCUT2D eigenvalue weighted by Crippen LogP contribution is 2.30. The van der Waals surface area contributed by atoms with Gasteiger partial charge in [0.05, 0.1) is 5.75 Å². The van der Waals surface area contributed by atoms with E-state index in [0.29, 0.717) is 22.7 Å². The van der Waals surface area contributed by atoms with Crippen molar-refractivity contribution in [2.24, 2.45) is 7.05 Å². The Morgan fingerprint density at radius 1 is 1.09 bits per heavy atom. The maximum atomic E-state index is 12.3. The Bertz CT molecular complexity index is 1160. The molecule has 2 heterocycles. The van der Waals surface area contributed by atoms with Gasteiger partial charge in [0.1, 0.15) is 6.61 Å².